The largest absolute Gasteiger partial charge is 0.465 e. The van der Waals surface area contributed by atoms with Gasteiger partial charge in [0, 0.05) is 6.42 Å². The predicted molar refractivity (Wildman–Crippen MR) is 125 cm³/mol. The van der Waals surface area contributed by atoms with E-state index in [0.29, 0.717) is 18.9 Å². The third-order valence-electron chi connectivity index (χ3n) is 5.87. The molecule has 0 aliphatic heterocycles. The number of unbranched alkanes of at least 4 members (excludes halogenated alkanes) is 10. The summed E-state index contributed by atoms with van der Waals surface area (Å²) in [6.07, 6.45) is 19.7. The van der Waals surface area contributed by atoms with Gasteiger partial charge < -0.3 is 4.74 Å². The maximum atomic E-state index is 12.2. The minimum absolute atomic E-state index is 0.0376. The quantitative estimate of drug-likeness (QED) is 0.172. The molecule has 0 aliphatic carbocycles. The molecule has 1 rings (SSSR count). The molecule has 0 saturated heterocycles. The number of rotatable bonds is 19. The number of hydrogen-bond acceptors (Lipinski definition) is 2. The number of esters is 1. The Kier molecular flexibility index (Phi) is 16.6. The van der Waals surface area contributed by atoms with Gasteiger partial charge in [0.05, 0.1) is 6.61 Å². The SMILES string of the molecule is CCCCCCCCCC(CCCCCCC)COC(=O)CCc1ccccc1. The molecule has 0 radical (unpaired) electrons. The first-order chi connectivity index (χ1) is 14.3. The molecule has 0 aromatic heterocycles. The molecule has 1 unspecified atom stereocenters. The van der Waals surface area contributed by atoms with Crippen LogP contribution in [0.5, 0.6) is 0 Å². The highest BCUT2D eigenvalue weighted by Gasteiger charge is 2.12. The summed E-state index contributed by atoms with van der Waals surface area (Å²) in [4.78, 5) is 12.2. The van der Waals surface area contributed by atoms with Crippen LogP contribution >= 0.6 is 0 Å². The van der Waals surface area contributed by atoms with Crippen molar-refractivity contribution < 1.29 is 9.53 Å². The minimum atomic E-state index is -0.0376. The molecule has 1 aromatic carbocycles. The van der Waals surface area contributed by atoms with Gasteiger partial charge in [-0.05, 0) is 30.7 Å². The molecular weight excluding hydrogens is 356 g/mol. The summed E-state index contributed by atoms with van der Waals surface area (Å²) in [6.45, 7) is 5.15. The average molecular weight is 403 g/mol. The summed E-state index contributed by atoms with van der Waals surface area (Å²) < 4.78 is 5.68. The van der Waals surface area contributed by atoms with Crippen molar-refractivity contribution in [3.05, 3.63) is 35.9 Å². The van der Waals surface area contributed by atoms with Crippen LogP contribution in [0.2, 0.25) is 0 Å². The first kappa shape index (κ1) is 25.7. The van der Waals surface area contributed by atoms with Crippen molar-refractivity contribution in [1.29, 1.82) is 0 Å². The second-order valence-electron chi connectivity index (χ2n) is 8.65. The highest BCUT2D eigenvalue weighted by molar-refractivity contribution is 5.69. The fourth-order valence-electron chi connectivity index (χ4n) is 3.91. The van der Waals surface area contributed by atoms with E-state index in [4.69, 9.17) is 4.74 Å². The van der Waals surface area contributed by atoms with E-state index in [1.54, 1.807) is 0 Å². The fourth-order valence-corrected chi connectivity index (χ4v) is 3.91. The van der Waals surface area contributed by atoms with Gasteiger partial charge in [0.1, 0.15) is 0 Å². The third-order valence-corrected chi connectivity index (χ3v) is 5.87. The van der Waals surface area contributed by atoms with Crippen molar-refractivity contribution in [2.75, 3.05) is 6.61 Å². The van der Waals surface area contributed by atoms with Crippen LogP contribution in [0.25, 0.3) is 0 Å². The highest BCUT2D eigenvalue weighted by Crippen LogP contribution is 2.20. The molecule has 29 heavy (non-hydrogen) atoms. The molecule has 1 aromatic rings. The van der Waals surface area contributed by atoms with E-state index in [9.17, 15) is 4.79 Å². The molecule has 2 heteroatoms. The Hall–Kier alpha value is -1.31. The molecule has 0 heterocycles. The van der Waals surface area contributed by atoms with Crippen LogP contribution in [0.4, 0.5) is 0 Å². The number of hydrogen-bond donors (Lipinski definition) is 0. The van der Waals surface area contributed by atoms with E-state index in [0.717, 1.165) is 6.42 Å². The Balaban J connectivity index is 2.24. The summed E-state index contributed by atoms with van der Waals surface area (Å²) in [5.74, 6) is 0.511. The smallest absolute Gasteiger partial charge is 0.306 e. The van der Waals surface area contributed by atoms with Crippen molar-refractivity contribution in [1.82, 2.24) is 0 Å². The van der Waals surface area contributed by atoms with Gasteiger partial charge in [-0.1, -0.05) is 121 Å². The molecule has 0 N–H and O–H groups in total. The number of carbonyl (C=O) groups excluding carboxylic acids is 1. The number of ether oxygens (including phenoxy) is 1. The summed E-state index contributed by atoms with van der Waals surface area (Å²) >= 11 is 0. The van der Waals surface area contributed by atoms with Gasteiger partial charge in [-0.25, -0.2) is 0 Å². The van der Waals surface area contributed by atoms with Crippen LogP contribution in [-0.2, 0) is 16.0 Å². The number of carbonyl (C=O) groups is 1. The van der Waals surface area contributed by atoms with Crippen LogP contribution in [0.1, 0.15) is 116 Å². The topological polar surface area (TPSA) is 26.3 Å². The average Bonchev–Trinajstić information content (AvgIpc) is 2.75. The monoisotopic (exact) mass is 402 g/mol. The summed E-state index contributed by atoms with van der Waals surface area (Å²) in [7, 11) is 0. The predicted octanol–water partition coefficient (Wildman–Crippen LogP) is 8.28. The molecule has 1 atom stereocenters. The van der Waals surface area contributed by atoms with Gasteiger partial charge >= 0.3 is 5.97 Å². The lowest BCUT2D eigenvalue weighted by Gasteiger charge is -2.17. The van der Waals surface area contributed by atoms with E-state index < -0.39 is 0 Å². The lowest BCUT2D eigenvalue weighted by atomic mass is 9.95. The van der Waals surface area contributed by atoms with E-state index in [-0.39, 0.29) is 5.97 Å². The minimum Gasteiger partial charge on any atom is -0.465 e. The zero-order valence-corrected chi connectivity index (χ0v) is 19.3. The van der Waals surface area contributed by atoms with Gasteiger partial charge in [0.15, 0.2) is 0 Å². The Bertz CT molecular complexity index is 483. The number of benzene rings is 1. The standard InChI is InChI=1S/C27H46O2/c1-3-5-7-9-10-12-15-21-26(20-14-11-8-6-4-2)24-29-27(28)23-22-25-18-16-13-17-19-25/h13,16-19,26H,3-12,14-15,20-24H2,1-2H3. The Morgan fingerprint density at radius 1 is 0.759 bits per heavy atom. The lowest BCUT2D eigenvalue weighted by molar-refractivity contribution is -0.145. The molecule has 0 bridgehead atoms. The first-order valence-corrected chi connectivity index (χ1v) is 12.5. The fraction of sp³-hybridized carbons (Fsp3) is 0.741. The molecule has 0 saturated carbocycles. The second kappa shape index (κ2) is 18.7. The third kappa shape index (κ3) is 15.2. The van der Waals surface area contributed by atoms with Crippen LogP contribution in [0.15, 0.2) is 30.3 Å². The molecule has 2 nitrogen and oxygen atoms in total. The summed E-state index contributed by atoms with van der Waals surface area (Å²) in [6, 6.07) is 10.2. The van der Waals surface area contributed by atoms with Crippen molar-refractivity contribution in [3.8, 4) is 0 Å². The Morgan fingerprint density at radius 2 is 1.28 bits per heavy atom. The van der Waals surface area contributed by atoms with Crippen LogP contribution in [0, 0.1) is 5.92 Å². The zero-order valence-electron chi connectivity index (χ0n) is 19.3. The van der Waals surface area contributed by atoms with Gasteiger partial charge in [-0.2, -0.15) is 0 Å². The molecule has 0 fully saturated rings. The molecule has 0 amide bonds. The van der Waals surface area contributed by atoms with Gasteiger partial charge in [-0.3, -0.25) is 4.79 Å². The summed E-state index contributed by atoms with van der Waals surface area (Å²) in [5, 5.41) is 0. The van der Waals surface area contributed by atoms with Crippen LogP contribution in [-0.4, -0.2) is 12.6 Å². The summed E-state index contributed by atoms with van der Waals surface area (Å²) in [5.41, 5.74) is 1.21. The van der Waals surface area contributed by atoms with E-state index in [1.807, 2.05) is 18.2 Å². The Labute approximate surface area is 180 Å². The van der Waals surface area contributed by atoms with Crippen LogP contribution in [0.3, 0.4) is 0 Å². The zero-order chi connectivity index (χ0) is 21.0. The normalized spacial score (nSPS) is 12.1. The van der Waals surface area contributed by atoms with E-state index in [2.05, 4.69) is 26.0 Å². The van der Waals surface area contributed by atoms with Gasteiger partial charge in [-0.15, -0.1) is 0 Å². The second-order valence-corrected chi connectivity index (χ2v) is 8.65. The van der Waals surface area contributed by atoms with Crippen molar-refractivity contribution in [2.24, 2.45) is 5.92 Å². The molecule has 166 valence electrons. The van der Waals surface area contributed by atoms with Gasteiger partial charge in [0.2, 0.25) is 0 Å². The van der Waals surface area contributed by atoms with Gasteiger partial charge in [0.25, 0.3) is 0 Å². The maximum Gasteiger partial charge on any atom is 0.306 e. The maximum absolute atomic E-state index is 12.2. The van der Waals surface area contributed by atoms with Crippen molar-refractivity contribution >= 4 is 5.97 Å². The van der Waals surface area contributed by atoms with Crippen molar-refractivity contribution in [2.45, 2.75) is 117 Å². The van der Waals surface area contributed by atoms with E-state index >= 15 is 0 Å². The molecule has 0 spiro atoms. The molecule has 0 aliphatic rings. The highest BCUT2D eigenvalue weighted by atomic mass is 16.5. The van der Waals surface area contributed by atoms with Crippen LogP contribution < -0.4 is 0 Å². The Morgan fingerprint density at radius 3 is 1.83 bits per heavy atom. The molecular formula is C27H46O2. The van der Waals surface area contributed by atoms with Crippen molar-refractivity contribution in [3.63, 3.8) is 0 Å². The number of aryl methyl sites for hydroxylation is 1. The first-order valence-electron chi connectivity index (χ1n) is 12.5. The van der Waals surface area contributed by atoms with E-state index in [1.165, 1.54) is 95.5 Å². The lowest BCUT2D eigenvalue weighted by Crippen LogP contribution is -2.15.